The number of nitrogens with one attached hydrogen (secondary N) is 2. The molecule has 1 fully saturated rings. The zero-order chi connectivity index (χ0) is 23.2. The maximum absolute atomic E-state index is 12.7. The second-order valence-electron chi connectivity index (χ2n) is 8.71. The number of aromatic nitrogens is 1. The smallest absolute Gasteiger partial charge is 0.245 e. The van der Waals surface area contributed by atoms with Gasteiger partial charge in [-0.25, -0.2) is 4.98 Å². The Labute approximate surface area is 204 Å². The third-order valence-electron chi connectivity index (χ3n) is 6.19. The van der Waals surface area contributed by atoms with E-state index >= 15 is 0 Å². The predicted molar refractivity (Wildman–Crippen MR) is 136 cm³/mol. The van der Waals surface area contributed by atoms with Gasteiger partial charge in [0, 0.05) is 22.5 Å². The predicted octanol–water partition coefficient (Wildman–Crippen LogP) is 5.99. The number of rotatable bonds is 8. The molecule has 1 heterocycles. The number of carbonyl (C=O) groups excluding carboxylic acids is 1. The molecule has 0 unspecified atom stereocenters. The number of halogens is 1. The molecular weight excluding hydrogens is 454 g/mol. The molecule has 0 aliphatic heterocycles. The molecule has 1 aliphatic rings. The highest BCUT2D eigenvalue weighted by molar-refractivity contribution is 7.14. The molecule has 1 aromatic heterocycles. The Balaban J connectivity index is 1.38. The van der Waals surface area contributed by atoms with E-state index in [9.17, 15) is 9.90 Å². The summed E-state index contributed by atoms with van der Waals surface area (Å²) in [5.41, 5.74) is 4.23. The largest absolute Gasteiger partial charge is 0.391 e. The van der Waals surface area contributed by atoms with Crippen molar-refractivity contribution in [3.63, 3.8) is 0 Å². The Kier molecular flexibility index (Phi) is 8.02. The first kappa shape index (κ1) is 23.7. The molecule has 0 bridgehead atoms. The summed E-state index contributed by atoms with van der Waals surface area (Å²) in [4.78, 5) is 17.4. The van der Waals surface area contributed by atoms with Crippen LogP contribution in [0.4, 0.5) is 5.13 Å². The third-order valence-corrected chi connectivity index (χ3v) is 7.20. The second kappa shape index (κ2) is 11.1. The van der Waals surface area contributed by atoms with Gasteiger partial charge in [-0.15, -0.1) is 11.3 Å². The van der Waals surface area contributed by atoms with E-state index in [2.05, 4.69) is 39.9 Å². The van der Waals surface area contributed by atoms with Crippen LogP contribution in [0.25, 0.3) is 11.3 Å². The van der Waals surface area contributed by atoms with Gasteiger partial charge in [-0.2, -0.15) is 0 Å². The van der Waals surface area contributed by atoms with Crippen molar-refractivity contribution in [2.24, 2.45) is 0 Å². The number of anilines is 1. The van der Waals surface area contributed by atoms with Crippen molar-refractivity contribution in [1.82, 2.24) is 10.3 Å². The van der Waals surface area contributed by atoms with Crippen LogP contribution in [-0.4, -0.2) is 28.1 Å². The summed E-state index contributed by atoms with van der Waals surface area (Å²) < 4.78 is 0. The fourth-order valence-electron chi connectivity index (χ4n) is 4.32. The van der Waals surface area contributed by atoms with Crippen LogP contribution >= 0.6 is 22.9 Å². The van der Waals surface area contributed by atoms with Crippen molar-refractivity contribution >= 4 is 34.0 Å². The van der Waals surface area contributed by atoms with Gasteiger partial charge in [0.05, 0.1) is 11.8 Å². The van der Waals surface area contributed by atoms with Crippen LogP contribution in [0.1, 0.15) is 56.1 Å². The highest BCUT2D eigenvalue weighted by atomic mass is 35.5. The molecular formula is C26H30ClN3O2S. The number of amides is 1. The highest BCUT2D eigenvalue weighted by Crippen LogP contribution is 2.34. The van der Waals surface area contributed by atoms with Gasteiger partial charge in [0.25, 0.3) is 0 Å². The summed E-state index contributed by atoms with van der Waals surface area (Å²) in [5.74, 6) is 0.385. The fraction of sp³-hybridized carbons (Fsp3) is 0.385. The minimum Gasteiger partial charge on any atom is -0.391 e. The molecule has 2 atom stereocenters. The molecule has 7 heteroatoms. The van der Waals surface area contributed by atoms with E-state index in [-0.39, 0.29) is 5.91 Å². The molecule has 33 heavy (non-hydrogen) atoms. The monoisotopic (exact) mass is 483 g/mol. The first-order chi connectivity index (χ1) is 16.0. The Morgan fingerprint density at radius 1 is 1.18 bits per heavy atom. The van der Waals surface area contributed by atoms with E-state index in [1.165, 1.54) is 49.0 Å². The van der Waals surface area contributed by atoms with Gasteiger partial charge in [-0.05, 0) is 48.9 Å². The van der Waals surface area contributed by atoms with Crippen LogP contribution < -0.4 is 10.6 Å². The number of aliphatic hydroxyl groups is 1. The minimum absolute atomic E-state index is 0.293. The molecule has 0 spiro atoms. The Morgan fingerprint density at radius 3 is 2.64 bits per heavy atom. The van der Waals surface area contributed by atoms with E-state index in [4.69, 9.17) is 11.6 Å². The average Bonchev–Trinajstić information content (AvgIpc) is 3.30. The number of aliphatic hydroxyl groups excluding tert-OH is 1. The summed E-state index contributed by atoms with van der Waals surface area (Å²) in [6, 6.07) is 15.2. The van der Waals surface area contributed by atoms with E-state index in [1.54, 1.807) is 19.1 Å². The molecule has 2 aromatic carbocycles. The molecule has 3 N–H and O–H groups in total. The molecule has 4 rings (SSSR count). The molecule has 1 aliphatic carbocycles. The molecule has 1 amide bonds. The number of thiazole rings is 1. The second-order valence-corrected chi connectivity index (χ2v) is 10.00. The lowest BCUT2D eigenvalue weighted by atomic mass is 9.84. The van der Waals surface area contributed by atoms with Crippen LogP contribution in [0, 0.1) is 0 Å². The van der Waals surface area contributed by atoms with Gasteiger partial charge in [0.2, 0.25) is 5.91 Å². The Morgan fingerprint density at radius 2 is 1.94 bits per heavy atom. The van der Waals surface area contributed by atoms with Crippen LogP contribution in [-0.2, 0) is 11.3 Å². The normalized spacial score (nSPS) is 16.2. The topological polar surface area (TPSA) is 74.2 Å². The first-order valence-electron chi connectivity index (χ1n) is 11.5. The maximum Gasteiger partial charge on any atom is 0.245 e. The molecule has 0 radical (unpaired) electrons. The zero-order valence-corrected chi connectivity index (χ0v) is 20.3. The summed E-state index contributed by atoms with van der Waals surface area (Å²) >= 11 is 7.43. The number of benzene rings is 2. The van der Waals surface area contributed by atoms with Gasteiger partial charge < -0.3 is 15.7 Å². The van der Waals surface area contributed by atoms with E-state index in [1.807, 2.05) is 17.5 Å². The van der Waals surface area contributed by atoms with Crippen LogP contribution in [0.2, 0.25) is 5.02 Å². The third kappa shape index (κ3) is 6.34. The molecule has 1 saturated carbocycles. The number of hydrogen-bond acceptors (Lipinski definition) is 5. The molecule has 174 valence electrons. The van der Waals surface area contributed by atoms with Crippen molar-refractivity contribution in [3.8, 4) is 11.3 Å². The average molecular weight is 484 g/mol. The zero-order valence-electron chi connectivity index (χ0n) is 18.8. The summed E-state index contributed by atoms with van der Waals surface area (Å²) in [5, 5.41) is 19.3. The molecule has 0 saturated heterocycles. The van der Waals surface area contributed by atoms with Crippen LogP contribution in [0.5, 0.6) is 0 Å². The quantitative estimate of drug-likeness (QED) is 0.368. The van der Waals surface area contributed by atoms with Crippen molar-refractivity contribution < 1.29 is 9.90 Å². The van der Waals surface area contributed by atoms with Gasteiger partial charge >= 0.3 is 0 Å². The standard InChI is InChI=1S/C26H30ClN3O2S/c1-17(31)24(25(32)28-15-18-6-5-9-22(27)14-18)30-26-29-23(16-33-26)21-12-10-20(11-13-21)19-7-3-2-4-8-19/h5-6,9-14,16-17,19,24,31H,2-4,7-8,15H2,1H3,(H,28,32)(H,29,30)/t17-,24+/m1/s1. The minimum atomic E-state index is -0.883. The van der Waals surface area contributed by atoms with E-state index in [0.29, 0.717) is 22.6 Å². The summed E-state index contributed by atoms with van der Waals surface area (Å²) in [6.45, 7) is 1.93. The van der Waals surface area contributed by atoms with E-state index < -0.39 is 12.1 Å². The number of hydrogen-bond donors (Lipinski definition) is 3. The first-order valence-corrected chi connectivity index (χ1v) is 12.8. The van der Waals surface area contributed by atoms with Crippen molar-refractivity contribution in [2.45, 2.75) is 63.6 Å². The summed E-state index contributed by atoms with van der Waals surface area (Å²) in [6.07, 6.45) is 5.69. The lowest BCUT2D eigenvalue weighted by Crippen LogP contribution is -2.45. The van der Waals surface area contributed by atoms with Gasteiger partial charge in [0.15, 0.2) is 5.13 Å². The summed E-state index contributed by atoms with van der Waals surface area (Å²) in [7, 11) is 0. The Bertz CT molecular complexity index is 1060. The Hall–Kier alpha value is -2.41. The van der Waals surface area contributed by atoms with Crippen LogP contribution in [0.3, 0.4) is 0 Å². The van der Waals surface area contributed by atoms with E-state index in [0.717, 1.165) is 16.8 Å². The molecule has 3 aromatic rings. The number of carbonyl (C=O) groups is 1. The van der Waals surface area contributed by atoms with Gasteiger partial charge in [-0.3, -0.25) is 4.79 Å². The van der Waals surface area contributed by atoms with Crippen molar-refractivity contribution in [1.29, 1.82) is 0 Å². The molecule has 5 nitrogen and oxygen atoms in total. The SMILES string of the molecule is C[C@@H](O)[C@H](Nc1nc(-c2ccc(C3CCCCC3)cc2)cs1)C(=O)NCc1cccc(Cl)c1. The fourth-order valence-corrected chi connectivity index (χ4v) is 5.29. The van der Waals surface area contributed by atoms with Crippen molar-refractivity contribution in [2.75, 3.05) is 5.32 Å². The van der Waals surface area contributed by atoms with Crippen LogP contribution in [0.15, 0.2) is 53.9 Å². The maximum atomic E-state index is 12.7. The number of nitrogens with zero attached hydrogens (tertiary/aromatic N) is 1. The lowest BCUT2D eigenvalue weighted by Gasteiger charge is -2.22. The highest BCUT2D eigenvalue weighted by Gasteiger charge is 2.24. The van der Waals surface area contributed by atoms with Gasteiger partial charge in [-0.1, -0.05) is 67.3 Å². The van der Waals surface area contributed by atoms with Gasteiger partial charge in [0.1, 0.15) is 6.04 Å². The van der Waals surface area contributed by atoms with Crippen molar-refractivity contribution in [3.05, 3.63) is 70.1 Å². The lowest BCUT2D eigenvalue weighted by molar-refractivity contribution is -0.123.